The van der Waals surface area contributed by atoms with Crippen LogP contribution in [0, 0.1) is 0 Å². The molecule has 2 heterocycles. The van der Waals surface area contributed by atoms with Crippen LogP contribution in [0.3, 0.4) is 0 Å². The second kappa shape index (κ2) is 8.03. The molecule has 5 aromatic rings. The van der Waals surface area contributed by atoms with E-state index in [-0.39, 0.29) is 11.9 Å². The van der Waals surface area contributed by atoms with Crippen LogP contribution in [0.5, 0.6) is 0 Å². The van der Waals surface area contributed by atoms with E-state index in [1.165, 1.54) is 16.3 Å². The van der Waals surface area contributed by atoms with Gasteiger partial charge in [0, 0.05) is 6.20 Å². The van der Waals surface area contributed by atoms with E-state index in [9.17, 15) is 4.79 Å². The number of nitrogens with zero attached hydrogens (tertiary/aromatic N) is 3. The zero-order valence-electron chi connectivity index (χ0n) is 17.2. The fourth-order valence-corrected chi connectivity index (χ4v) is 4.02. The SMILES string of the molecule is CC(NC(=O)c1ccccn1)c1nc2ccccc2n1Cc1cccc2ccccc12. The molecule has 5 nitrogen and oxygen atoms in total. The molecular formula is C26H22N4O. The number of fused-ring (bicyclic) bond motifs is 2. The molecule has 5 heteroatoms. The zero-order chi connectivity index (χ0) is 21.2. The van der Waals surface area contributed by atoms with Crippen molar-refractivity contribution in [3.05, 3.63) is 108 Å². The van der Waals surface area contributed by atoms with Crippen LogP contribution in [-0.4, -0.2) is 20.4 Å². The fourth-order valence-electron chi connectivity index (χ4n) is 4.02. The number of rotatable bonds is 5. The molecule has 0 saturated carbocycles. The van der Waals surface area contributed by atoms with E-state index < -0.39 is 0 Å². The van der Waals surface area contributed by atoms with Gasteiger partial charge >= 0.3 is 0 Å². The van der Waals surface area contributed by atoms with E-state index >= 15 is 0 Å². The topological polar surface area (TPSA) is 59.8 Å². The molecule has 2 aromatic heterocycles. The van der Waals surface area contributed by atoms with Gasteiger partial charge in [0.15, 0.2) is 0 Å². The number of benzene rings is 3. The maximum Gasteiger partial charge on any atom is 0.270 e. The Hall–Kier alpha value is -3.99. The molecule has 1 N–H and O–H groups in total. The Kier molecular flexibility index (Phi) is 4.92. The molecule has 0 fully saturated rings. The highest BCUT2D eigenvalue weighted by Crippen LogP contribution is 2.25. The van der Waals surface area contributed by atoms with Crippen molar-refractivity contribution in [3.63, 3.8) is 0 Å². The van der Waals surface area contributed by atoms with Gasteiger partial charge < -0.3 is 9.88 Å². The monoisotopic (exact) mass is 406 g/mol. The first-order valence-electron chi connectivity index (χ1n) is 10.3. The van der Waals surface area contributed by atoms with Crippen LogP contribution < -0.4 is 5.32 Å². The number of imidazole rings is 1. The molecular weight excluding hydrogens is 384 g/mol. The Morgan fingerprint density at radius 1 is 0.935 bits per heavy atom. The van der Waals surface area contributed by atoms with Crippen molar-refractivity contribution >= 4 is 27.7 Å². The number of amides is 1. The molecule has 3 aromatic carbocycles. The van der Waals surface area contributed by atoms with Gasteiger partial charge in [0.25, 0.3) is 5.91 Å². The predicted octanol–water partition coefficient (Wildman–Crippen LogP) is 5.12. The summed E-state index contributed by atoms with van der Waals surface area (Å²) in [6, 6.07) is 27.9. The molecule has 31 heavy (non-hydrogen) atoms. The normalized spacial score (nSPS) is 12.2. The first-order valence-corrected chi connectivity index (χ1v) is 10.3. The molecule has 0 aliphatic rings. The smallest absolute Gasteiger partial charge is 0.270 e. The van der Waals surface area contributed by atoms with Gasteiger partial charge in [-0.05, 0) is 47.5 Å². The summed E-state index contributed by atoms with van der Waals surface area (Å²) in [5.74, 6) is 0.607. The highest BCUT2D eigenvalue weighted by atomic mass is 16.1. The van der Waals surface area contributed by atoms with E-state index in [1.54, 1.807) is 18.3 Å². The first kappa shape index (κ1) is 19.0. The third-order valence-electron chi connectivity index (χ3n) is 5.52. The molecule has 0 spiro atoms. The van der Waals surface area contributed by atoms with E-state index in [0.717, 1.165) is 16.9 Å². The van der Waals surface area contributed by atoms with Crippen molar-refractivity contribution in [2.75, 3.05) is 0 Å². The summed E-state index contributed by atoms with van der Waals surface area (Å²) < 4.78 is 2.19. The number of hydrogen-bond donors (Lipinski definition) is 1. The lowest BCUT2D eigenvalue weighted by Gasteiger charge is -2.17. The minimum Gasteiger partial charge on any atom is -0.341 e. The summed E-state index contributed by atoms with van der Waals surface area (Å²) >= 11 is 0. The van der Waals surface area contributed by atoms with E-state index in [1.807, 2.05) is 31.2 Å². The molecule has 0 radical (unpaired) electrons. The number of pyridine rings is 1. The van der Waals surface area contributed by atoms with Crippen molar-refractivity contribution in [1.82, 2.24) is 19.9 Å². The van der Waals surface area contributed by atoms with Crippen LogP contribution >= 0.6 is 0 Å². The molecule has 0 aliphatic heterocycles. The lowest BCUT2D eigenvalue weighted by molar-refractivity contribution is 0.0932. The molecule has 152 valence electrons. The number of carbonyl (C=O) groups excluding carboxylic acids is 1. The largest absolute Gasteiger partial charge is 0.341 e. The number of aromatic nitrogens is 3. The van der Waals surface area contributed by atoms with Crippen LogP contribution in [0.15, 0.2) is 91.1 Å². The van der Waals surface area contributed by atoms with Gasteiger partial charge in [0.1, 0.15) is 11.5 Å². The van der Waals surface area contributed by atoms with E-state index in [4.69, 9.17) is 4.98 Å². The van der Waals surface area contributed by atoms with Crippen molar-refractivity contribution in [1.29, 1.82) is 0 Å². The zero-order valence-corrected chi connectivity index (χ0v) is 17.2. The third-order valence-corrected chi connectivity index (χ3v) is 5.52. The van der Waals surface area contributed by atoms with Crippen LogP contribution in [-0.2, 0) is 6.54 Å². The Balaban J connectivity index is 1.55. The Labute approximate surface area is 180 Å². The van der Waals surface area contributed by atoms with Gasteiger partial charge in [-0.1, -0.05) is 60.7 Å². The predicted molar refractivity (Wildman–Crippen MR) is 123 cm³/mol. The number of nitrogens with one attached hydrogen (secondary N) is 1. The summed E-state index contributed by atoms with van der Waals surface area (Å²) in [5.41, 5.74) is 3.57. The Bertz CT molecular complexity index is 1370. The van der Waals surface area contributed by atoms with Crippen molar-refractivity contribution < 1.29 is 4.79 Å². The van der Waals surface area contributed by atoms with Crippen LogP contribution in [0.25, 0.3) is 21.8 Å². The average Bonchev–Trinajstić information content (AvgIpc) is 3.18. The molecule has 0 saturated heterocycles. The maximum absolute atomic E-state index is 12.7. The average molecular weight is 406 g/mol. The standard InChI is InChI=1S/C26H22N4O/c1-18(28-26(31)23-14-6-7-16-27-23)25-29-22-13-4-5-15-24(22)30(25)17-20-11-8-10-19-9-2-3-12-21(19)20/h2-16,18H,17H2,1H3,(H,28,31). The number of hydrogen-bond acceptors (Lipinski definition) is 3. The van der Waals surface area contributed by atoms with E-state index in [2.05, 4.69) is 63.4 Å². The molecule has 1 amide bonds. The van der Waals surface area contributed by atoms with Gasteiger partial charge in [-0.2, -0.15) is 0 Å². The number of carbonyl (C=O) groups is 1. The minimum atomic E-state index is -0.281. The third kappa shape index (κ3) is 3.66. The highest BCUT2D eigenvalue weighted by Gasteiger charge is 2.20. The summed E-state index contributed by atoms with van der Waals surface area (Å²) in [4.78, 5) is 21.7. The lowest BCUT2D eigenvalue weighted by atomic mass is 10.0. The number of para-hydroxylation sites is 2. The van der Waals surface area contributed by atoms with Crippen molar-refractivity contribution in [3.8, 4) is 0 Å². The molecule has 1 atom stereocenters. The quantitative estimate of drug-likeness (QED) is 0.440. The highest BCUT2D eigenvalue weighted by molar-refractivity contribution is 5.92. The molecule has 1 unspecified atom stereocenters. The molecule has 0 aliphatic carbocycles. The van der Waals surface area contributed by atoms with Gasteiger partial charge in [0.05, 0.1) is 23.6 Å². The van der Waals surface area contributed by atoms with Crippen molar-refractivity contribution in [2.24, 2.45) is 0 Å². The summed E-state index contributed by atoms with van der Waals surface area (Å²) in [6.45, 7) is 2.63. The molecule has 0 bridgehead atoms. The Morgan fingerprint density at radius 2 is 1.71 bits per heavy atom. The van der Waals surface area contributed by atoms with E-state index in [0.29, 0.717) is 12.2 Å². The summed E-state index contributed by atoms with van der Waals surface area (Å²) in [5, 5.41) is 5.48. The Morgan fingerprint density at radius 3 is 2.58 bits per heavy atom. The minimum absolute atomic E-state index is 0.211. The molecule has 5 rings (SSSR count). The second-order valence-corrected chi connectivity index (χ2v) is 7.59. The van der Waals surface area contributed by atoms with Gasteiger partial charge in [0.2, 0.25) is 0 Å². The fraction of sp³-hybridized carbons (Fsp3) is 0.115. The summed E-state index contributed by atoms with van der Waals surface area (Å²) in [6.07, 6.45) is 1.62. The van der Waals surface area contributed by atoms with Crippen LogP contribution in [0.4, 0.5) is 0 Å². The van der Waals surface area contributed by atoms with Gasteiger partial charge in [-0.25, -0.2) is 4.98 Å². The lowest BCUT2D eigenvalue weighted by Crippen LogP contribution is -2.29. The van der Waals surface area contributed by atoms with Crippen LogP contribution in [0.1, 0.15) is 34.8 Å². The van der Waals surface area contributed by atoms with Crippen LogP contribution in [0.2, 0.25) is 0 Å². The van der Waals surface area contributed by atoms with Gasteiger partial charge in [-0.15, -0.1) is 0 Å². The van der Waals surface area contributed by atoms with Gasteiger partial charge in [-0.3, -0.25) is 9.78 Å². The maximum atomic E-state index is 12.7. The van der Waals surface area contributed by atoms with Crippen molar-refractivity contribution in [2.45, 2.75) is 19.5 Å². The second-order valence-electron chi connectivity index (χ2n) is 7.59. The first-order chi connectivity index (χ1) is 15.2. The summed E-state index contributed by atoms with van der Waals surface area (Å²) in [7, 11) is 0.